The van der Waals surface area contributed by atoms with Crippen LogP contribution in [0.3, 0.4) is 0 Å². The van der Waals surface area contributed by atoms with Crippen molar-refractivity contribution < 1.29 is 13.9 Å². The van der Waals surface area contributed by atoms with Crippen LogP contribution in [0, 0.1) is 5.82 Å². The molecule has 2 rings (SSSR count). The molecule has 0 amide bonds. The van der Waals surface area contributed by atoms with Crippen molar-refractivity contribution >= 4 is 23.2 Å². The van der Waals surface area contributed by atoms with E-state index in [0.717, 1.165) is 11.3 Å². The van der Waals surface area contributed by atoms with Crippen LogP contribution in [0.1, 0.15) is 12.5 Å². The quantitative estimate of drug-likeness (QED) is 0.598. The molecule has 2 N–H and O–H groups in total. The number of methoxy groups -OCH3 is 1. The molecule has 0 aromatic heterocycles. The van der Waals surface area contributed by atoms with Gasteiger partial charge in [-0.1, -0.05) is 17.7 Å². The molecule has 0 atom stereocenters. The second-order valence-corrected chi connectivity index (χ2v) is 5.51. The molecule has 0 aliphatic rings. The summed E-state index contributed by atoms with van der Waals surface area (Å²) in [6.07, 6.45) is 0. The van der Waals surface area contributed by atoms with Crippen molar-refractivity contribution in [1.82, 2.24) is 5.32 Å². The van der Waals surface area contributed by atoms with Crippen molar-refractivity contribution in [2.75, 3.05) is 26.1 Å². The normalized spacial score (nSPS) is 11.2. The molecule has 0 heterocycles. The van der Waals surface area contributed by atoms with Gasteiger partial charge in [0.25, 0.3) is 0 Å². The molecule has 0 radical (unpaired) electrons. The van der Waals surface area contributed by atoms with Crippen LogP contribution >= 0.6 is 11.6 Å². The zero-order chi connectivity index (χ0) is 18.2. The number of rotatable bonds is 6. The molecule has 2 aromatic rings. The SMILES string of the molecule is CCOc1ccc(NC(=NC)NCc2ccc(F)c(Cl)c2)cc1OC. The topological polar surface area (TPSA) is 54.9 Å². The lowest BCUT2D eigenvalue weighted by atomic mass is 10.2. The lowest BCUT2D eigenvalue weighted by Gasteiger charge is -2.14. The van der Waals surface area contributed by atoms with Crippen molar-refractivity contribution in [1.29, 1.82) is 0 Å². The van der Waals surface area contributed by atoms with Gasteiger partial charge in [-0.2, -0.15) is 0 Å². The summed E-state index contributed by atoms with van der Waals surface area (Å²) in [5, 5.41) is 6.40. The minimum atomic E-state index is -0.436. The Labute approximate surface area is 151 Å². The van der Waals surface area contributed by atoms with Crippen LogP contribution in [-0.4, -0.2) is 26.7 Å². The molecular formula is C18H21ClFN3O2. The molecule has 5 nitrogen and oxygen atoms in total. The first-order chi connectivity index (χ1) is 12.1. The highest BCUT2D eigenvalue weighted by Crippen LogP contribution is 2.30. The molecule has 0 fully saturated rings. The molecule has 25 heavy (non-hydrogen) atoms. The lowest BCUT2D eigenvalue weighted by molar-refractivity contribution is 0.311. The number of aliphatic imine (C=N–C) groups is 1. The Kier molecular flexibility index (Phi) is 6.89. The summed E-state index contributed by atoms with van der Waals surface area (Å²) in [7, 11) is 3.26. The minimum Gasteiger partial charge on any atom is -0.493 e. The number of halogens is 2. The summed E-state index contributed by atoms with van der Waals surface area (Å²) < 4.78 is 24.0. The summed E-state index contributed by atoms with van der Waals surface area (Å²) in [4.78, 5) is 4.17. The van der Waals surface area contributed by atoms with Crippen molar-refractivity contribution in [3.8, 4) is 11.5 Å². The maximum atomic E-state index is 13.2. The molecule has 0 unspecified atom stereocenters. The Morgan fingerprint density at radius 1 is 1.20 bits per heavy atom. The van der Waals surface area contributed by atoms with Gasteiger partial charge in [-0.3, -0.25) is 4.99 Å². The van der Waals surface area contributed by atoms with Gasteiger partial charge >= 0.3 is 0 Å². The number of ether oxygens (including phenoxy) is 2. The summed E-state index contributed by atoms with van der Waals surface area (Å²) in [5.74, 6) is 1.44. The van der Waals surface area contributed by atoms with E-state index in [-0.39, 0.29) is 5.02 Å². The van der Waals surface area contributed by atoms with E-state index in [4.69, 9.17) is 21.1 Å². The highest BCUT2D eigenvalue weighted by molar-refractivity contribution is 6.30. The molecule has 2 aromatic carbocycles. The number of guanidine groups is 1. The van der Waals surface area contributed by atoms with E-state index in [9.17, 15) is 4.39 Å². The van der Waals surface area contributed by atoms with E-state index in [1.807, 2.05) is 25.1 Å². The summed E-state index contributed by atoms with van der Waals surface area (Å²) in [5.41, 5.74) is 1.64. The molecular weight excluding hydrogens is 345 g/mol. The standard InChI is InChI=1S/C18H21ClFN3O2/c1-4-25-16-8-6-13(10-17(16)24-3)23-18(21-2)22-11-12-5-7-15(20)14(19)9-12/h5-10H,4,11H2,1-3H3,(H2,21,22,23). The van der Waals surface area contributed by atoms with E-state index in [2.05, 4.69) is 15.6 Å². The van der Waals surface area contributed by atoms with E-state index >= 15 is 0 Å². The molecule has 0 aliphatic carbocycles. The molecule has 0 saturated carbocycles. The number of hydrogen-bond acceptors (Lipinski definition) is 3. The molecule has 7 heteroatoms. The third-order valence-corrected chi connectivity index (χ3v) is 3.68. The van der Waals surface area contributed by atoms with E-state index < -0.39 is 5.82 Å². The van der Waals surface area contributed by atoms with Crippen LogP contribution in [0.5, 0.6) is 11.5 Å². The van der Waals surface area contributed by atoms with Crippen molar-refractivity contribution in [3.63, 3.8) is 0 Å². The first kappa shape index (κ1) is 18.9. The average molecular weight is 366 g/mol. The van der Waals surface area contributed by atoms with Crippen LogP contribution in [0.4, 0.5) is 10.1 Å². The lowest BCUT2D eigenvalue weighted by Crippen LogP contribution is -2.30. The smallest absolute Gasteiger partial charge is 0.195 e. The first-order valence-corrected chi connectivity index (χ1v) is 8.17. The van der Waals surface area contributed by atoms with Gasteiger partial charge in [0.2, 0.25) is 0 Å². The van der Waals surface area contributed by atoms with Gasteiger partial charge in [-0.15, -0.1) is 0 Å². The largest absolute Gasteiger partial charge is 0.493 e. The molecule has 0 aliphatic heterocycles. The number of hydrogen-bond donors (Lipinski definition) is 2. The predicted molar refractivity (Wildman–Crippen MR) is 99.4 cm³/mol. The Balaban J connectivity index is 2.03. The van der Waals surface area contributed by atoms with E-state index in [0.29, 0.717) is 30.6 Å². The van der Waals surface area contributed by atoms with Crippen LogP contribution in [0.2, 0.25) is 5.02 Å². The van der Waals surface area contributed by atoms with Crippen LogP contribution in [0.15, 0.2) is 41.4 Å². The van der Waals surface area contributed by atoms with Gasteiger partial charge in [0, 0.05) is 25.3 Å². The van der Waals surface area contributed by atoms with Gasteiger partial charge < -0.3 is 20.1 Å². The molecule has 134 valence electrons. The molecule has 0 saturated heterocycles. The molecule has 0 spiro atoms. The highest BCUT2D eigenvalue weighted by Gasteiger charge is 2.07. The first-order valence-electron chi connectivity index (χ1n) is 7.79. The van der Waals surface area contributed by atoms with Crippen molar-refractivity contribution in [2.24, 2.45) is 4.99 Å². The number of nitrogens with zero attached hydrogens (tertiary/aromatic N) is 1. The second-order valence-electron chi connectivity index (χ2n) is 5.10. The monoisotopic (exact) mass is 365 g/mol. The maximum Gasteiger partial charge on any atom is 0.195 e. The van der Waals surface area contributed by atoms with E-state index in [1.165, 1.54) is 6.07 Å². The Hall–Kier alpha value is -2.47. The van der Waals surface area contributed by atoms with Crippen LogP contribution in [-0.2, 0) is 6.54 Å². The van der Waals surface area contributed by atoms with Gasteiger partial charge in [0.1, 0.15) is 5.82 Å². The number of nitrogens with one attached hydrogen (secondary N) is 2. The van der Waals surface area contributed by atoms with Gasteiger partial charge in [-0.05, 0) is 36.8 Å². The number of anilines is 1. The molecule has 0 bridgehead atoms. The number of benzene rings is 2. The average Bonchev–Trinajstić information content (AvgIpc) is 2.62. The minimum absolute atomic E-state index is 0.0958. The van der Waals surface area contributed by atoms with Gasteiger partial charge in [0.15, 0.2) is 17.5 Å². The summed E-state index contributed by atoms with van der Waals surface area (Å²) >= 11 is 5.79. The zero-order valence-corrected chi connectivity index (χ0v) is 15.2. The third-order valence-electron chi connectivity index (χ3n) is 3.39. The van der Waals surface area contributed by atoms with Crippen LogP contribution < -0.4 is 20.1 Å². The Bertz CT molecular complexity index is 753. The summed E-state index contributed by atoms with van der Waals surface area (Å²) in [6.45, 7) is 2.93. The third kappa shape index (κ3) is 5.26. The highest BCUT2D eigenvalue weighted by atomic mass is 35.5. The zero-order valence-electron chi connectivity index (χ0n) is 14.4. The fourth-order valence-corrected chi connectivity index (χ4v) is 2.37. The van der Waals surface area contributed by atoms with Gasteiger partial charge in [-0.25, -0.2) is 4.39 Å². The second kappa shape index (κ2) is 9.13. The van der Waals surface area contributed by atoms with Crippen LogP contribution in [0.25, 0.3) is 0 Å². The van der Waals surface area contributed by atoms with Crippen molar-refractivity contribution in [3.05, 3.63) is 52.8 Å². The predicted octanol–water partition coefficient (Wildman–Crippen LogP) is 4.07. The van der Waals surface area contributed by atoms with Gasteiger partial charge in [0.05, 0.1) is 18.7 Å². The summed E-state index contributed by atoms with van der Waals surface area (Å²) in [6, 6.07) is 10.1. The fraction of sp³-hybridized carbons (Fsp3) is 0.278. The Morgan fingerprint density at radius 3 is 2.64 bits per heavy atom. The van der Waals surface area contributed by atoms with Crippen molar-refractivity contribution in [2.45, 2.75) is 13.5 Å². The fourth-order valence-electron chi connectivity index (χ4n) is 2.17. The maximum absolute atomic E-state index is 13.2. The van der Waals surface area contributed by atoms with E-state index in [1.54, 1.807) is 26.3 Å². The Morgan fingerprint density at radius 2 is 2.00 bits per heavy atom.